The molecule has 136 valence electrons. The number of fused-ring (bicyclic) bond motifs is 2. The van der Waals surface area contributed by atoms with Gasteiger partial charge in [-0.3, -0.25) is 14.5 Å². The molecule has 7 nitrogen and oxygen atoms in total. The van der Waals surface area contributed by atoms with Gasteiger partial charge in [0.1, 0.15) is 11.6 Å². The van der Waals surface area contributed by atoms with Crippen LogP contribution in [-0.2, 0) is 13.1 Å². The van der Waals surface area contributed by atoms with E-state index in [2.05, 4.69) is 19.9 Å². The predicted octanol–water partition coefficient (Wildman–Crippen LogP) is 2.45. The van der Waals surface area contributed by atoms with E-state index in [-0.39, 0.29) is 11.1 Å². The number of H-pyrrole nitrogens is 2. The van der Waals surface area contributed by atoms with Crippen LogP contribution in [0, 0.1) is 0 Å². The number of hydrogen-bond acceptors (Lipinski definition) is 5. The molecule has 4 rings (SSSR count). The zero-order valence-corrected chi connectivity index (χ0v) is 15.2. The van der Waals surface area contributed by atoms with Gasteiger partial charge < -0.3 is 9.97 Å². The second kappa shape index (κ2) is 6.94. The average Bonchev–Trinajstić information content (AvgIpc) is 2.62. The first kappa shape index (κ1) is 17.4. The molecule has 0 spiro atoms. The highest BCUT2D eigenvalue weighted by molar-refractivity contribution is 6.31. The lowest BCUT2D eigenvalue weighted by atomic mass is 10.2. The van der Waals surface area contributed by atoms with Crippen molar-refractivity contribution in [1.29, 1.82) is 0 Å². The van der Waals surface area contributed by atoms with Crippen molar-refractivity contribution in [2.24, 2.45) is 0 Å². The van der Waals surface area contributed by atoms with Crippen LogP contribution in [0.1, 0.15) is 11.6 Å². The minimum Gasteiger partial charge on any atom is -0.309 e. The van der Waals surface area contributed by atoms with Gasteiger partial charge in [-0.1, -0.05) is 23.7 Å². The SMILES string of the molecule is CN(Cc1nc2ccccc2c(=O)[nH]1)Cc1nc2ccc(Cl)cc2c(=O)[nH]1. The van der Waals surface area contributed by atoms with E-state index in [9.17, 15) is 9.59 Å². The van der Waals surface area contributed by atoms with Gasteiger partial charge in [0.15, 0.2) is 0 Å². The van der Waals surface area contributed by atoms with Crippen molar-refractivity contribution in [3.8, 4) is 0 Å². The maximum atomic E-state index is 12.3. The quantitative estimate of drug-likeness (QED) is 0.566. The maximum absolute atomic E-state index is 12.3. The van der Waals surface area contributed by atoms with Gasteiger partial charge in [0, 0.05) is 5.02 Å². The molecule has 0 fully saturated rings. The second-order valence-corrected chi connectivity index (χ2v) is 6.81. The van der Waals surface area contributed by atoms with Gasteiger partial charge in [-0.2, -0.15) is 0 Å². The van der Waals surface area contributed by atoms with Crippen molar-refractivity contribution in [2.45, 2.75) is 13.1 Å². The fraction of sp³-hybridized carbons (Fsp3) is 0.158. The molecule has 0 atom stereocenters. The van der Waals surface area contributed by atoms with E-state index in [1.165, 1.54) is 0 Å². The monoisotopic (exact) mass is 381 g/mol. The smallest absolute Gasteiger partial charge is 0.258 e. The Balaban J connectivity index is 1.58. The summed E-state index contributed by atoms with van der Waals surface area (Å²) in [6.45, 7) is 0.798. The van der Waals surface area contributed by atoms with Gasteiger partial charge in [0.2, 0.25) is 0 Å². The average molecular weight is 382 g/mol. The third-order valence-corrected chi connectivity index (χ3v) is 4.45. The Morgan fingerprint density at radius 3 is 2.19 bits per heavy atom. The Bertz CT molecular complexity index is 1260. The van der Waals surface area contributed by atoms with Crippen LogP contribution in [0.5, 0.6) is 0 Å². The molecule has 0 unspecified atom stereocenters. The van der Waals surface area contributed by atoms with Crippen molar-refractivity contribution in [3.63, 3.8) is 0 Å². The normalized spacial score (nSPS) is 11.5. The molecule has 0 aliphatic carbocycles. The first-order chi connectivity index (χ1) is 13.0. The number of benzene rings is 2. The number of nitrogens with one attached hydrogen (secondary N) is 2. The Morgan fingerprint density at radius 1 is 0.889 bits per heavy atom. The minimum absolute atomic E-state index is 0.168. The maximum Gasteiger partial charge on any atom is 0.258 e. The molecular formula is C19H16ClN5O2. The van der Waals surface area contributed by atoms with Crippen LogP contribution in [0.4, 0.5) is 0 Å². The summed E-state index contributed by atoms with van der Waals surface area (Å²) in [5.41, 5.74) is 0.837. The van der Waals surface area contributed by atoms with E-state index in [1.54, 1.807) is 30.3 Å². The van der Waals surface area contributed by atoms with Gasteiger partial charge in [0.25, 0.3) is 11.1 Å². The number of hydrogen-bond donors (Lipinski definition) is 2. The fourth-order valence-electron chi connectivity index (χ4n) is 3.01. The van der Waals surface area contributed by atoms with Crippen molar-refractivity contribution < 1.29 is 0 Å². The summed E-state index contributed by atoms with van der Waals surface area (Å²) >= 11 is 5.93. The molecule has 0 aliphatic rings. The van der Waals surface area contributed by atoms with Gasteiger partial charge in [-0.15, -0.1) is 0 Å². The molecule has 0 saturated carbocycles. The summed E-state index contributed by atoms with van der Waals surface area (Å²) < 4.78 is 0. The summed E-state index contributed by atoms with van der Waals surface area (Å²) in [4.78, 5) is 40.9. The second-order valence-electron chi connectivity index (χ2n) is 6.38. The van der Waals surface area contributed by atoms with Crippen LogP contribution in [0.2, 0.25) is 5.02 Å². The Labute approximate surface area is 158 Å². The van der Waals surface area contributed by atoms with Crippen molar-refractivity contribution in [2.75, 3.05) is 7.05 Å². The van der Waals surface area contributed by atoms with Crippen LogP contribution >= 0.6 is 11.6 Å². The number of aromatic amines is 2. The summed E-state index contributed by atoms with van der Waals surface area (Å²) in [6.07, 6.45) is 0. The number of halogens is 1. The number of rotatable bonds is 4. The van der Waals surface area contributed by atoms with Crippen LogP contribution in [-0.4, -0.2) is 31.9 Å². The lowest BCUT2D eigenvalue weighted by Crippen LogP contribution is -2.24. The molecule has 8 heteroatoms. The van der Waals surface area contributed by atoms with Crippen molar-refractivity contribution >= 4 is 33.4 Å². The molecule has 4 aromatic rings. The van der Waals surface area contributed by atoms with E-state index < -0.39 is 0 Å². The molecule has 0 aliphatic heterocycles. The lowest BCUT2D eigenvalue weighted by molar-refractivity contribution is 0.303. The van der Waals surface area contributed by atoms with Gasteiger partial charge in [0.05, 0.1) is 34.9 Å². The van der Waals surface area contributed by atoms with Crippen LogP contribution < -0.4 is 11.1 Å². The third kappa shape index (κ3) is 3.60. The Morgan fingerprint density at radius 2 is 1.48 bits per heavy atom. The fourth-order valence-corrected chi connectivity index (χ4v) is 3.18. The molecule has 0 bridgehead atoms. The summed E-state index contributed by atoms with van der Waals surface area (Å²) in [5.74, 6) is 1.08. The van der Waals surface area contributed by atoms with E-state index in [0.717, 1.165) is 0 Å². The summed E-state index contributed by atoms with van der Waals surface area (Å²) in [6, 6.07) is 12.2. The van der Waals surface area contributed by atoms with Crippen LogP contribution in [0.3, 0.4) is 0 Å². The summed E-state index contributed by atoms with van der Waals surface area (Å²) in [7, 11) is 1.86. The van der Waals surface area contributed by atoms with E-state index in [1.807, 2.05) is 24.1 Å². The highest BCUT2D eigenvalue weighted by Gasteiger charge is 2.10. The van der Waals surface area contributed by atoms with Crippen molar-refractivity contribution in [1.82, 2.24) is 24.8 Å². The first-order valence-corrected chi connectivity index (χ1v) is 8.72. The van der Waals surface area contributed by atoms with Gasteiger partial charge in [-0.25, -0.2) is 9.97 Å². The number of nitrogens with zero attached hydrogens (tertiary/aromatic N) is 3. The Kier molecular flexibility index (Phi) is 4.47. The van der Waals surface area contributed by atoms with E-state index in [4.69, 9.17) is 11.6 Å². The number of para-hydroxylation sites is 1. The molecular weight excluding hydrogens is 366 g/mol. The summed E-state index contributed by atoms with van der Waals surface area (Å²) in [5, 5.41) is 1.50. The molecule has 2 aromatic carbocycles. The molecule has 2 aromatic heterocycles. The predicted molar refractivity (Wildman–Crippen MR) is 105 cm³/mol. The first-order valence-electron chi connectivity index (χ1n) is 8.34. The standard InChI is InChI=1S/C19H16ClN5O2/c1-25(9-16-21-14-5-3-2-4-12(14)18(26)23-16)10-17-22-15-7-6-11(20)8-13(15)19(27)24-17/h2-8H,9-10H2,1H3,(H,21,23,26)(H,22,24,27). The topological polar surface area (TPSA) is 94.7 Å². The number of aromatic nitrogens is 4. The lowest BCUT2D eigenvalue weighted by Gasteiger charge is -2.15. The highest BCUT2D eigenvalue weighted by Crippen LogP contribution is 2.15. The van der Waals surface area contributed by atoms with Crippen molar-refractivity contribution in [3.05, 3.63) is 79.8 Å². The van der Waals surface area contributed by atoms with E-state index in [0.29, 0.717) is 51.6 Å². The highest BCUT2D eigenvalue weighted by atomic mass is 35.5. The molecule has 2 heterocycles. The third-order valence-electron chi connectivity index (χ3n) is 4.22. The zero-order valence-electron chi connectivity index (χ0n) is 14.5. The molecule has 0 saturated heterocycles. The minimum atomic E-state index is -0.233. The van der Waals surface area contributed by atoms with Gasteiger partial charge >= 0.3 is 0 Å². The largest absolute Gasteiger partial charge is 0.309 e. The zero-order chi connectivity index (χ0) is 19.0. The van der Waals surface area contributed by atoms with Crippen LogP contribution in [0.15, 0.2) is 52.1 Å². The van der Waals surface area contributed by atoms with Crippen LogP contribution in [0.25, 0.3) is 21.8 Å². The molecule has 2 N–H and O–H groups in total. The molecule has 27 heavy (non-hydrogen) atoms. The van der Waals surface area contributed by atoms with Gasteiger partial charge in [-0.05, 0) is 37.4 Å². The molecule has 0 amide bonds. The van der Waals surface area contributed by atoms with E-state index >= 15 is 0 Å². The Hall–Kier alpha value is -3.03. The molecule has 0 radical (unpaired) electrons.